The molecule has 0 bridgehead atoms. The number of Topliss-reactive ketones (excluding diaryl/α,β-unsaturated/α-hetero) is 1. The number of hydrogen-bond acceptors (Lipinski definition) is 3. The van der Waals surface area contributed by atoms with Crippen molar-refractivity contribution < 1.29 is 14.4 Å². The van der Waals surface area contributed by atoms with Gasteiger partial charge in [-0.15, -0.1) is 0 Å². The van der Waals surface area contributed by atoms with Gasteiger partial charge in [0.15, 0.2) is 5.78 Å². The second-order valence-electron chi connectivity index (χ2n) is 5.42. The summed E-state index contributed by atoms with van der Waals surface area (Å²) in [6.07, 6.45) is 1.29. The van der Waals surface area contributed by atoms with Crippen LogP contribution >= 0.6 is 0 Å². The van der Waals surface area contributed by atoms with Crippen LogP contribution in [0.5, 0.6) is 0 Å². The van der Waals surface area contributed by atoms with Gasteiger partial charge in [-0.05, 0) is 38.3 Å². The van der Waals surface area contributed by atoms with Crippen LogP contribution < -0.4 is 0 Å². The molecule has 1 aliphatic heterocycles. The molecule has 1 fully saturated rings. The van der Waals surface area contributed by atoms with Crippen molar-refractivity contribution in [1.82, 2.24) is 4.90 Å². The zero-order chi connectivity index (χ0) is 14.9. The molecule has 0 atom stereocenters. The summed E-state index contributed by atoms with van der Waals surface area (Å²) in [4.78, 5) is 37.0. The topological polar surface area (TPSA) is 54.5 Å². The van der Waals surface area contributed by atoms with E-state index in [1.165, 1.54) is 0 Å². The number of carbonyl (C=O) groups is 3. The number of ketones is 1. The molecule has 2 rings (SSSR count). The van der Waals surface area contributed by atoms with E-state index in [2.05, 4.69) is 0 Å². The molecule has 0 aliphatic carbocycles. The van der Waals surface area contributed by atoms with Crippen molar-refractivity contribution in [2.24, 2.45) is 0 Å². The Bertz CT molecular complexity index is 550. The zero-order valence-corrected chi connectivity index (χ0v) is 12.2. The predicted molar refractivity (Wildman–Crippen MR) is 75.6 cm³/mol. The fourth-order valence-corrected chi connectivity index (χ4v) is 2.82. The van der Waals surface area contributed by atoms with Crippen molar-refractivity contribution in [2.45, 2.75) is 40.0 Å². The molecule has 0 radical (unpaired) electrons. The second kappa shape index (κ2) is 5.57. The Hall–Kier alpha value is -1.97. The third-order valence-electron chi connectivity index (χ3n) is 3.64. The molecule has 0 N–H and O–H groups in total. The van der Waals surface area contributed by atoms with Crippen LogP contribution in [0.3, 0.4) is 0 Å². The smallest absolute Gasteiger partial charge is 0.229 e. The number of likely N-dealkylation sites (tertiary alicyclic amines) is 1. The number of rotatable bonds is 3. The summed E-state index contributed by atoms with van der Waals surface area (Å²) in [6.45, 7) is 5.61. The fraction of sp³-hybridized carbons (Fsp3) is 0.438. The summed E-state index contributed by atoms with van der Waals surface area (Å²) < 4.78 is 0. The monoisotopic (exact) mass is 273 g/mol. The van der Waals surface area contributed by atoms with Crippen molar-refractivity contribution in [1.29, 1.82) is 0 Å². The molecular weight excluding hydrogens is 254 g/mol. The number of amides is 2. The number of benzene rings is 1. The van der Waals surface area contributed by atoms with Crippen molar-refractivity contribution >= 4 is 17.6 Å². The molecule has 1 saturated heterocycles. The molecule has 0 saturated carbocycles. The molecule has 4 nitrogen and oxygen atoms in total. The predicted octanol–water partition coefficient (Wildman–Crippen LogP) is 2.33. The van der Waals surface area contributed by atoms with Crippen LogP contribution in [0.4, 0.5) is 0 Å². The Balaban J connectivity index is 2.24. The molecule has 1 aliphatic rings. The van der Waals surface area contributed by atoms with Gasteiger partial charge in [0.25, 0.3) is 0 Å². The number of carbonyl (C=O) groups excluding carboxylic acids is 3. The molecule has 0 unspecified atom stereocenters. The van der Waals surface area contributed by atoms with Gasteiger partial charge in [0.1, 0.15) is 0 Å². The van der Waals surface area contributed by atoms with Crippen LogP contribution in [-0.4, -0.2) is 29.0 Å². The van der Waals surface area contributed by atoms with Gasteiger partial charge in [0, 0.05) is 18.4 Å². The highest BCUT2D eigenvalue weighted by molar-refractivity contribution is 6.06. The maximum atomic E-state index is 12.4. The van der Waals surface area contributed by atoms with Crippen molar-refractivity contribution in [3.63, 3.8) is 0 Å². The summed E-state index contributed by atoms with van der Waals surface area (Å²) >= 11 is 0. The first-order chi connectivity index (χ1) is 9.40. The standard InChI is InChI=1S/C16H19NO3/c1-10-7-11(2)16(12(3)8-10)13(18)9-17-14(19)5-4-6-15(17)20/h7-8H,4-6,9H2,1-3H3. The Kier molecular flexibility index (Phi) is 4.02. The van der Waals surface area contributed by atoms with Gasteiger partial charge in [-0.1, -0.05) is 17.7 Å². The SMILES string of the molecule is Cc1cc(C)c(C(=O)CN2C(=O)CCCC2=O)c(C)c1. The van der Waals surface area contributed by atoms with Crippen LogP contribution in [-0.2, 0) is 9.59 Å². The first-order valence-corrected chi connectivity index (χ1v) is 6.84. The van der Waals surface area contributed by atoms with E-state index in [1.54, 1.807) is 0 Å². The van der Waals surface area contributed by atoms with E-state index in [0.29, 0.717) is 24.8 Å². The number of piperidine rings is 1. The van der Waals surface area contributed by atoms with Crippen LogP contribution in [0, 0.1) is 20.8 Å². The quantitative estimate of drug-likeness (QED) is 0.627. The summed E-state index contributed by atoms with van der Waals surface area (Å²) in [5.74, 6) is -0.641. The highest BCUT2D eigenvalue weighted by atomic mass is 16.2. The van der Waals surface area contributed by atoms with Gasteiger partial charge < -0.3 is 0 Å². The Morgan fingerprint density at radius 3 is 2.05 bits per heavy atom. The van der Waals surface area contributed by atoms with Crippen molar-refractivity contribution in [3.05, 3.63) is 34.4 Å². The lowest BCUT2D eigenvalue weighted by molar-refractivity contribution is -0.147. The lowest BCUT2D eigenvalue weighted by Crippen LogP contribution is -2.43. The highest BCUT2D eigenvalue weighted by Gasteiger charge is 2.28. The van der Waals surface area contributed by atoms with E-state index in [4.69, 9.17) is 0 Å². The minimum Gasteiger partial charge on any atom is -0.292 e. The van der Waals surface area contributed by atoms with E-state index in [0.717, 1.165) is 21.6 Å². The van der Waals surface area contributed by atoms with Gasteiger partial charge in [-0.3, -0.25) is 19.3 Å². The van der Waals surface area contributed by atoms with Crippen LogP contribution in [0.2, 0.25) is 0 Å². The summed E-state index contributed by atoms with van der Waals surface area (Å²) in [6, 6.07) is 3.89. The van der Waals surface area contributed by atoms with E-state index >= 15 is 0 Å². The Morgan fingerprint density at radius 1 is 1.05 bits per heavy atom. The number of nitrogens with zero attached hydrogens (tertiary/aromatic N) is 1. The number of hydrogen-bond donors (Lipinski definition) is 0. The highest BCUT2D eigenvalue weighted by Crippen LogP contribution is 2.19. The molecule has 2 amide bonds. The van der Waals surface area contributed by atoms with Crippen LogP contribution in [0.25, 0.3) is 0 Å². The molecule has 1 aromatic carbocycles. The lowest BCUT2D eigenvalue weighted by Gasteiger charge is -2.24. The van der Waals surface area contributed by atoms with Crippen molar-refractivity contribution in [3.8, 4) is 0 Å². The van der Waals surface area contributed by atoms with Gasteiger partial charge in [-0.25, -0.2) is 0 Å². The molecular formula is C16H19NO3. The first kappa shape index (κ1) is 14.4. The maximum absolute atomic E-state index is 12.4. The third kappa shape index (κ3) is 2.79. The van der Waals surface area contributed by atoms with E-state index < -0.39 is 0 Å². The molecule has 0 spiro atoms. The van der Waals surface area contributed by atoms with Crippen LogP contribution in [0.1, 0.15) is 46.3 Å². The van der Waals surface area contributed by atoms with Gasteiger partial charge in [0.2, 0.25) is 11.8 Å². The Morgan fingerprint density at radius 2 is 1.55 bits per heavy atom. The minimum atomic E-state index is -0.239. The van der Waals surface area contributed by atoms with E-state index in [9.17, 15) is 14.4 Å². The molecule has 106 valence electrons. The second-order valence-corrected chi connectivity index (χ2v) is 5.42. The largest absolute Gasteiger partial charge is 0.292 e. The van der Waals surface area contributed by atoms with Gasteiger partial charge in [-0.2, -0.15) is 0 Å². The Labute approximate surface area is 118 Å². The first-order valence-electron chi connectivity index (χ1n) is 6.84. The third-order valence-corrected chi connectivity index (χ3v) is 3.64. The minimum absolute atomic E-state index is 0.137. The average molecular weight is 273 g/mol. The van der Waals surface area contributed by atoms with Gasteiger partial charge in [0.05, 0.1) is 6.54 Å². The average Bonchev–Trinajstić information content (AvgIpc) is 2.32. The van der Waals surface area contributed by atoms with Crippen LogP contribution in [0.15, 0.2) is 12.1 Å². The molecule has 4 heteroatoms. The van der Waals surface area contributed by atoms with E-state index in [1.807, 2.05) is 32.9 Å². The lowest BCUT2D eigenvalue weighted by atomic mass is 9.96. The number of aryl methyl sites for hydroxylation is 3. The summed E-state index contributed by atoms with van der Waals surface area (Å²) in [5.41, 5.74) is 3.51. The fourth-order valence-electron chi connectivity index (χ4n) is 2.82. The molecule has 1 heterocycles. The summed E-state index contributed by atoms with van der Waals surface area (Å²) in [5, 5.41) is 0. The normalized spacial score (nSPS) is 15.7. The molecule has 1 aromatic rings. The zero-order valence-electron chi connectivity index (χ0n) is 12.2. The summed E-state index contributed by atoms with van der Waals surface area (Å²) in [7, 11) is 0. The van der Waals surface area contributed by atoms with E-state index in [-0.39, 0.29) is 24.1 Å². The molecule has 20 heavy (non-hydrogen) atoms. The van der Waals surface area contributed by atoms with Crippen molar-refractivity contribution in [2.75, 3.05) is 6.54 Å². The van der Waals surface area contributed by atoms with Gasteiger partial charge >= 0.3 is 0 Å². The molecule has 0 aromatic heterocycles. The number of imide groups is 1. The maximum Gasteiger partial charge on any atom is 0.229 e.